The Hall–Kier alpha value is -2.37. The first kappa shape index (κ1) is 11.7. The summed E-state index contributed by atoms with van der Waals surface area (Å²) < 4.78 is 4.96. The quantitative estimate of drug-likeness (QED) is 0.856. The lowest BCUT2D eigenvalue weighted by Crippen LogP contribution is -2.25. The standard InChI is InChI=1S/C13H15N5O/c1-19-13-17-11(14)16-12(18-13)15-7-9-6-8-4-2-3-5-10(8)9/h2-5,9H,6-7H2,1H3,(H3,14,15,16,17,18). The number of methoxy groups -OCH3 is 1. The topological polar surface area (TPSA) is 86.0 Å². The van der Waals surface area contributed by atoms with E-state index >= 15 is 0 Å². The van der Waals surface area contributed by atoms with Gasteiger partial charge in [-0.3, -0.25) is 0 Å². The molecule has 1 atom stereocenters. The first-order valence-electron chi connectivity index (χ1n) is 6.13. The summed E-state index contributed by atoms with van der Waals surface area (Å²) in [5.41, 5.74) is 8.39. The fourth-order valence-electron chi connectivity index (χ4n) is 2.30. The smallest absolute Gasteiger partial charge is 0.322 e. The van der Waals surface area contributed by atoms with E-state index in [1.807, 2.05) is 0 Å². The van der Waals surface area contributed by atoms with Gasteiger partial charge in [0.2, 0.25) is 11.9 Å². The normalized spacial score (nSPS) is 16.4. The molecule has 0 amide bonds. The van der Waals surface area contributed by atoms with Crippen molar-refractivity contribution in [3.63, 3.8) is 0 Å². The van der Waals surface area contributed by atoms with Crippen LogP contribution in [-0.4, -0.2) is 28.6 Å². The Labute approximate surface area is 111 Å². The molecule has 2 aromatic rings. The Morgan fingerprint density at radius 2 is 2.16 bits per heavy atom. The summed E-state index contributed by atoms with van der Waals surface area (Å²) >= 11 is 0. The second-order valence-corrected chi connectivity index (χ2v) is 4.48. The predicted octanol–water partition coefficient (Wildman–Crippen LogP) is 1.21. The molecular formula is C13H15N5O. The SMILES string of the molecule is COc1nc(N)nc(NCC2Cc3ccccc32)n1. The van der Waals surface area contributed by atoms with Crippen molar-refractivity contribution in [2.45, 2.75) is 12.3 Å². The van der Waals surface area contributed by atoms with Crippen molar-refractivity contribution in [2.24, 2.45) is 0 Å². The number of ether oxygens (including phenoxy) is 1. The van der Waals surface area contributed by atoms with Crippen molar-refractivity contribution < 1.29 is 4.74 Å². The van der Waals surface area contributed by atoms with Crippen LogP contribution in [0.1, 0.15) is 17.0 Å². The molecular weight excluding hydrogens is 242 g/mol. The molecule has 1 aliphatic carbocycles. The van der Waals surface area contributed by atoms with Crippen LogP contribution in [0.25, 0.3) is 0 Å². The van der Waals surface area contributed by atoms with Crippen molar-refractivity contribution in [3.05, 3.63) is 35.4 Å². The molecule has 6 nitrogen and oxygen atoms in total. The van der Waals surface area contributed by atoms with Gasteiger partial charge < -0.3 is 15.8 Å². The molecule has 0 saturated carbocycles. The van der Waals surface area contributed by atoms with Crippen LogP contribution >= 0.6 is 0 Å². The third-order valence-electron chi connectivity index (χ3n) is 3.28. The fourth-order valence-corrected chi connectivity index (χ4v) is 2.30. The monoisotopic (exact) mass is 257 g/mol. The zero-order valence-electron chi connectivity index (χ0n) is 10.6. The van der Waals surface area contributed by atoms with Gasteiger partial charge in [0.05, 0.1) is 7.11 Å². The van der Waals surface area contributed by atoms with Gasteiger partial charge in [-0.05, 0) is 17.5 Å². The van der Waals surface area contributed by atoms with E-state index < -0.39 is 0 Å². The predicted molar refractivity (Wildman–Crippen MR) is 72.2 cm³/mol. The van der Waals surface area contributed by atoms with Crippen LogP contribution < -0.4 is 15.8 Å². The highest BCUT2D eigenvalue weighted by atomic mass is 16.5. The van der Waals surface area contributed by atoms with E-state index in [2.05, 4.69) is 44.5 Å². The molecule has 3 N–H and O–H groups in total. The summed E-state index contributed by atoms with van der Waals surface area (Å²) in [5, 5.41) is 3.18. The molecule has 1 aromatic heterocycles. The Morgan fingerprint density at radius 3 is 2.95 bits per heavy atom. The number of rotatable bonds is 4. The average molecular weight is 257 g/mol. The number of benzene rings is 1. The first-order chi connectivity index (χ1) is 9.26. The molecule has 1 aliphatic rings. The number of hydrogen-bond acceptors (Lipinski definition) is 6. The van der Waals surface area contributed by atoms with Crippen molar-refractivity contribution in [3.8, 4) is 6.01 Å². The van der Waals surface area contributed by atoms with Gasteiger partial charge >= 0.3 is 6.01 Å². The maximum Gasteiger partial charge on any atom is 0.322 e. The van der Waals surface area contributed by atoms with Gasteiger partial charge in [0, 0.05) is 12.5 Å². The van der Waals surface area contributed by atoms with Crippen molar-refractivity contribution in [1.29, 1.82) is 0 Å². The number of nitrogen functional groups attached to an aromatic ring is 1. The maximum atomic E-state index is 5.58. The second kappa shape index (κ2) is 4.72. The second-order valence-electron chi connectivity index (χ2n) is 4.48. The number of hydrogen-bond donors (Lipinski definition) is 2. The number of nitrogens with two attached hydrogens (primary N) is 1. The molecule has 6 heteroatoms. The van der Waals surface area contributed by atoms with Crippen LogP contribution in [-0.2, 0) is 6.42 Å². The lowest BCUT2D eigenvalue weighted by Gasteiger charge is -2.30. The van der Waals surface area contributed by atoms with Crippen LogP contribution in [0.15, 0.2) is 24.3 Å². The Morgan fingerprint density at radius 1 is 1.32 bits per heavy atom. The molecule has 0 fully saturated rings. The van der Waals surface area contributed by atoms with Gasteiger partial charge in [-0.15, -0.1) is 0 Å². The molecule has 3 rings (SSSR count). The van der Waals surface area contributed by atoms with Crippen molar-refractivity contribution >= 4 is 11.9 Å². The summed E-state index contributed by atoms with van der Waals surface area (Å²) in [4.78, 5) is 12.0. The van der Waals surface area contributed by atoms with Gasteiger partial charge in [0.25, 0.3) is 0 Å². The van der Waals surface area contributed by atoms with E-state index in [1.54, 1.807) is 0 Å². The molecule has 19 heavy (non-hydrogen) atoms. The van der Waals surface area contributed by atoms with E-state index in [0.29, 0.717) is 11.9 Å². The third-order valence-corrected chi connectivity index (χ3v) is 3.28. The Bertz CT molecular complexity index is 601. The number of aromatic nitrogens is 3. The van der Waals surface area contributed by atoms with Gasteiger partial charge in [0.15, 0.2) is 0 Å². The summed E-state index contributed by atoms with van der Waals surface area (Å²) in [6, 6.07) is 8.68. The van der Waals surface area contributed by atoms with Crippen LogP contribution in [0.2, 0.25) is 0 Å². The van der Waals surface area contributed by atoms with E-state index in [4.69, 9.17) is 10.5 Å². The van der Waals surface area contributed by atoms with Crippen LogP contribution in [0.4, 0.5) is 11.9 Å². The zero-order chi connectivity index (χ0) is 13.2. The van der Waals surface area contributed by atoms with Gasteiger partial charge in [-0.25, -0.2) is 0 Å². The molecule has 0 aliphatic heterocycles. The van der Waals surface area contributed by atoms with Crippen molar-refractivity contribution in [2.75, 3.05) is 24.7 Å². The number of anilines is 2. The van der Waals surface area contributed by atoms with Gasteiger partial charge in [0.1, 0.15) is 0 Å². The van der Waals surface area contributed by atoms with Gasteiger partial charge in [-0.2, -0.15) is 15.0 Å². The summed E-state index contributed by atoms with van der Waals surface area (Å²) in [6.45, 7) is 0.781. The fraction of sp³-hybridized carbons (Fsp3) is 0.308. The van der Waals surface area contributed by atoms with E-state index in [9.17, 15) is 0 Å². The van der Waals surface area contributed by atoms with Crippen LogP contribution in [0.5, 0.6) is 6.01 Å². The van der Waals surface area contributed by atoms with Gasteiger partial charge in [-0.1, -0.05) is 24.3 Å². The molecule has 1 unspecified atom stereocenters. The lowest BCUT2D eigenvalue weighted by molar-refractivity contribution is 0.379. The Kier molecular flexibility index (Phi) is 2.91. The molecule has 0 spiro atoms. The van der Waals surface area contributed by atoms with E-state index in [-0.39, 0.29) is 12.0 Å². The molecule has 1 aromatic carbocycles. The lowest BCUT2D eigenvalue weighted by atomic mass is 9.78. The number of nitrogens with zero attached hydrogens (tertiary/aromatic N) is 3. The van der Waals surface area contributed by atoms with Crippen molar-refractivity contribution in [1.82, 2.24) is 15.0 Å². The minimum absolute atomic E-state index is 0.156. The summed E-state index contributed by atoms with van der Waals surface area (Å²) in [7, 11) is 1.50. The Balaban J connectivity index is 1.66. The first-order valence-corrected chi connectivity index (χ1v) is 6.13. The molecule has 0 bridgehead atoms. The largest absolute Gasteiger partial charge is 0.467 e. The van der Waals surface area contributed by atoms with E-state index in [1.165, 1.54) is 18.2 Å². The van der Waals surface area contributed by atoms with E-state index in [0.717, 1.165) is 13.0 Å². The summed E-state index contributed by atoms with van der Waals surface area (Å²) in [5.74, 6) is 1.11. The average Bonchev–Trinajstić information content (AvgIpc) is 2.39. The third kappa shape index (κ3) is 2.29. The van der Waals surface area contributed by atoms with Crippen LogP contribution in [0, 0.1) is 0 Å². The summed E-state index contributed by atoms with van der Waals surface area (Å²) in [6.07, 6.45) is 1.08. The number of nitrogens with one attached hydrogen (secondary N) is 1. The zero-order valence-corrected chi connectivity index (χ0v) is 10.6. The minimum Gasteiger partial charge on any atom is -0.467 e. The molecule has 98 valence electrons. The van der Waals surface area contributed by atoms with Crippen LogP contribution in [0.3, 0.4) is 0 Å². The molecule has 1 heterocycles. The highest BCUT2D eigenvalue weighted by Crippen LogP contribution is 2.34. The maximum absolute atomic E-state index is 5.58. The molecule has 0 saturated heterocycles. The highest BCUT2D eigenvalue weighted by molar-refractivity contribution is 5.42. The number of fused-ring (bicyclic) bond motifs is 1. The highest BCUT2D eigenvalue weighted by Gasteiger charge is 2.25. The molecule has 0 radical (unpaired) electrons. The minimum atomic E-state index is 0.156.